The third kappa shape index (κ3) is 5.76. The maximum absolute atomic E-state index is 14.3. The summed E-state index contributed by atoms with van der Waals surface area (Å²) in [6.07, 6.45) is 3.22. The smallest absolute Gasteiger partial charge is 0.188 e. The summed E-state index contributed by atoms with van der Waals surface area (Å²) in [5.74, 6) is 0.123. The maximum Gasteiger partial charge on any atom is 0.188 e. The molecule has 0 spiro atoms. The molecule has 7 heteroatoms. The normalized spacial score (nSPS) is 16.9. The van der Waals surface area contributed by atoms with E-state index in [4.69, 9.17) is 17.3 Å². The number of nitrogens with two attached hydrogens (primary N) is 1. The lowest BCUT2D eigenvalue weighted by Gasteiger charge is -2.27. The average molecular weight is 455 g/mol. The van der Waals surface area contributed by atoms with Crippen molar-refractivity contribution in [1.29, 1.82) is 0 Å². The SMILES string of the molecule is CCCNC(N)=NCC(c1c(F)cccc1Cl)N1CCCC1.I. The van der Waals surface area contributed by atoms with Crippen LogP contribution in [0.15, 0.2) is 23.2 Å². The Morgan fingerprint density at radius 3 is 2.74 bits per heavy atom. The first kappa shape index (κ1) is 20.4. The van der Waals surface area contributed by atoms with Crippen molar-refractivity contribution in [2.24, 2.45) is 10.7 Å². The number of rotatable bonds is 6. The summed E-state index contributed by atoms with van der Waals surface area (Å²) in [5, 5.41) is 3.49. The first-order valence-electron chi connectivity index (χ1n) is 7.85. The Labute approximate surface area is 159 Å². The highest BCUT2D eigenvalue weighted by Gasteiger charge is 2.27. The van der Waals surface area contributed by atoms with Crippen molar-refractivity contribution in [3.05, 3.63) is 34.6 Å². The Hall–Kier alpha value is -0.600. The average Bonchev–Trinajstić information content (AvgIpc) is 3.02. The molecule has 1 aromatic carbocycles. The van der Waals surface area contributed by atoms with Gasteiger partial charge in [-0.3, -0.25) is 9.89 Å². The highest BCUT2D eigenvalue weighted by atomic mass is 127. The van der Waals surface area contributed by atoms with Crippen molar-refractivity contribution in [2.75, 3.05) is 26.2 Å². The molecule has 1 aliphatic rings. The molecule has 3 N–H and O–H groups in total. The third-order valence-electron chi connectivity index (χ3n) is 3.91. The van der Waals surface area contributed by atoms with E-state index >= 15 is 0 Å². The lowest BCUT2D eigenvalue weighted by molar-refractivity contribution is 0.246. The van der Waals surface area contributed by atoms with Crippen LogP contribution >= 0.6 is 35.6 Å². The molecule has 130 valence electrons. The van der Waals surface area contributed by atoms with Crippen molar-refractivity contribution >= 4 is 41.5 Å². The van der Waals surface area contributed by atoms with Crippen LogP contribution in [-0.2, 0) is 0 Å². The Kier molecular flexibility index (Phi) is 9.16. The van der Waals surface area contributed by atoms with Crippen LogP contribution in [0.4, 0.5) is 4.39 Å². The third-order valence-corrected chi connectivity index (χ3v) is 4.23. The predicted octanol–water partition coefficient (Wildman–Crippen LogP) is 3.55. The molecule has 2 rings (SSSR count). The predicted molar refractivity (Wildman–Crippen MR) is 105 cm³/mol. The Morgan fingerprint density at radius 1 is 1.43 bits per heavy atom. The molecule has 1 aromatic rings. The van der Waals surface area contributed by atoms with Gasteiger partial charge in [-0.1, -0.05) is 24.6 Å². The van der Waals surface area contributed by atoms with E-state index in [-0.39, 0.29) is 35.8 Å². The lowest BCUT2D eigenvalue weighted by atomic mass is 10.0. The highest BCUT2D eigenvalue weighted by molar-refractivity contribution is 14.0. The van der Waals surface area contributed by atoms with Crippen LogP contribution in [0.3, 0.4) is 0 Å². The molecule has 1 aliphatic heterocycles. The van der Waals surface area contributed by atoms with Crippen molar-refractivity contribution in [3.8, 4) is 0 Å². The number of halogens is 3. The number of aliphatic imine (C=N–C) groups is 1. The molecule has 0 aromatic heterocycles. The maximum atomic E-state index is 14.3. The number of hydrogen-bond acceptors (Lipinski definition) is 2. The largest absolute Gasteiger partial charge is 0.370 e. The van der Waals surface area contributed by atoms with Gasteiger partial charge in [0, 0.05) is 17.1 Å². The standard InChI is InChI=1S/C16H24ClFN4.HI/c1-2-8-20-16(19)21-11-14(22-9-3-4-10-22)15-12(17)6-5-7-13(15)18;/h5-7,14H,2-4,8-11H2,1H3,(H3,19,20,21);1H. The van der Waals surface area contributed by atoms with Gasteiger partial charge in [-0.25, -0.2) is 4.39 Å². The van der Waals surface area contributed by atoms with E-state index in [1.807, 2.05) is 0 Å². The van der Waals surface area contributed by atoms with Gasteiger partial charge >= 0.3 is 0 Å². The Morgan fingerprint density at radius 2 is 2.13 bits per heavy atom. The molecule has 0 bridgehead atoms. The van der Waals surface area contributed by atoms with Crippen LogP contribution in [0.2, 0.25) is 5.02 Å². The van der Waals surface area contributed by atoms with E-state index in [9.17, 15) is 4.39 Å². The van der Waals surface area contributed by atoms with E-state index in [0.717, 1.165) is 38.9 Å². The molecule has 1 atom stereocenters. The molecular weight excluding hydrogens is 430 g/mol. The van der Waals surface area contributed by atoms with Crippen LogP contribution in [0, 0.1) is 5.82 Å². The van der Waals surface area contributed by atoms with Gasteiger partial charge < -0.3 is 11.1 Å². The molecule has 0 radical (unpaired) electrons. The van der Waals surface area contributed by atoms with Crippen molar-refractivity contribution in [2.45, 2.75) is 32.2 Å². The second-order valence-electron chi connectivity index (χ2n) is 5.55. The van der Waals surface area contributed by atoms with Gasteiger partial charge in [0.1, 0.15) is 5.82 Å². The van der Waals surface area contributed by atoms with E-state index < -0.39 is 0 Å². The molecule has 23 heavy (non-hydrogen) atoms. The molecule has 1 heterocycles. The second-order valence-corrected chi connectivity index (χ2v) is 5.95. The number of benzene rings is 1. The molecule has 0 amide bonds. The van der Waals surface area contributed by atoms with Crippen LogP contribution in [0.25, 0.3) is 0 Å². The first-order valence-corrected chi connectivity index (χ1v) is 8.23. The van der Waals surface area contributed by atoms with Crippen molar-refractivity contribution in [3.63, 3.8) is 0 Å². The summed E-state index contributed by atoms with van der Waals surface area (Å²) in [7, 11) is 0. The zero-order valence-corrected chi connectivity index (χ0v) is 16.5. The Bertz CT molecular complexity index is 501. The Balaban J connectivity index is 0.00000264. The summed E-state index contributed by atoms with van der Waals surface area (Å²) < 4.78 is 14.3. The zero-order chi connectivity index (χ0) is 15.9. The fourth-order valence-corrected chi connectivity index (χ4v) is 3.05. The molecule has 4 nitrogen and oxygen atoms in total. The van der Waals surface area contributed by atoms with Gasteiger partial charge in [-0.15, -0.1) is 24.0 Å². The second kappa shape index (κ2) is 10.3. The molecule has 1 saturated heterocycles. The molecule has 1 unspecified atom stereocenters. The summed E-state index contributed by atoms with van der Waals surface area (Å²) in [4.78, 5) is 6.62. The lowest BCUT2D eigenvalue weighted by Crippen LogP contribution is -2.34. The molecule has 1 fully saturated rings. The van der Waals surface area contributed by atoms with E-state index in [1.165, 1.54) is 6.07 Å². The van der Waals surface area contributed by atoms with Crippen LogP contribution in [0.1, 0.15) is 37.8 Å². The van der Waals surface area contributed by atoms with Crippen molar-refractivity contribution in [1.82, 2.24) is 10.2 Å². The fourth-order valence-electron chi connectivity index (χ4n) is 2.77. The molecule has 0 aliphatic carbocycles. The first-order chi connectivity index (χ1) is 10.6. The summed E-state index contributed by atoms with van der Waals surface area (Å²) >= 11 is 6.24. The van der Waals surface area contributed by atoms with Crippen LogP contribution in [-0.4, -0.2) is 37.0 Å². The zero-order valence-electron chi connectivity index (χ0n) is 13.4. The number of likely N-dealkylation sites (tertiary alicyclic amines) is 1. The van der Waals surface area contributed by atoms with Gasteiger partial charge in [0.15, 0.2) is 5.96 Å². The van der Waals surface area contributed by atoms with Crippen molar-refractivity contribution < 1.29 is 4.39 Å². The topological polar surface area (TPSA) is 53.6 Å². The quantitative estimate of drug-likeness (QED) is 0.393. The minimum atomic E-state index is -0.278. The minimum absolute atomic E-state index is 0. The number of guanidine groups is 1. The number of nitrogens with zero attached hydrogens (tertiary/aromatic N) is 2. The van der Waals surface area contributed by atoms with Gasteiger partial charge in [0.2, 0.25) is 0 Å². The summed E-state index contributed by atoms with van der Waals surface area (Å²) in [6, 6.07) is 4.64. The molecular formula is C16H25ClFIN4. The van der Waals surface area contributed by atoms with Gasteiger partial charge in [-0.05, 0) is 44.5 Å². The van der Waals surface area contributed by atoms with E-state index in [0.29, 0.717) is 23.1 Å². The van der Waals surface area contributed by atoms with Gasteiger partial charge in [0.05, 0.1) is 12.6 Å². The summed E-state index contributed by atoms with van der Waals surface area (Å²) in [5.41, 5.74) is 6.38. The highest BCUT2D eigenvalue weighted by Crippen LogP contribution is 2.32. The number of hydrogen-bond donors (Lipinski definition) is 2. The number of nitrogens with one attached hydrogen (secondary N) is 1. The monoisotopic (exact) mass is 454 g/mol. The fraction of sp³-hybridized carbons (Fsp3) is 0.562. The van der Waals surface area contributed by atoms with Crippen LogP contribution in [0.5, 0.6) is 0 Å². The van der Waals surface area contributed by atoms with E-state index in [1.54, 1.807) is 12.1 Å². The summed E-state index contributed by atoms with van der Waals surface area (Å²) in [6.45, 7) is 5.13. The van der Waals surface area contributed by atoms with E-state index in [2.05, 4.69) is 22.1 Å². The molecule has 0 saturated carbocycles. The minimum Gasteiger partial charge on any atom is -0.370 e. The van der Waals surface area contributed by atoms with Gasteiger partial charge in [-0.2, -0.15) is 0 Å². The van der Waals surface area contributed by atoms with Gasteiger partial charge in [0.25, 0.3) is 0 Å². The van der Waals surface area contributed by atoms with Crippen LogP contribution < -0.4 is 11.1 Å².